The van der Waals surface area contributed by atoms with Gasteiger partial charge in [-0.15, -0.1) is 0 Å². The van der Waals surface area contributed by atoms with Crippen LogP contribution in [0.2, 0.25) is 0 Å². The third kappa shape index (κ3) is 8.81. The van der Waals surface area contributed by atoms with Gasteiger partial charge < -0.3 is 14.3 Å². The van der Waals surface area contributed by atoms with Crippen molar-refractivity contribution in [1.82, 2.24) is 0 Å². The van der Waals surface area contributed by atoms with E-state index in [-0.39, 0.29) is 11.9 Å². The predicted octanol–water partition coefficient (Wildman–Crippen LogP) is 4.46. The van der Waals surface area contributed by atoms with E-state index in [0.29, 0.717) is 37.2 Å². The van der Waals surface area contributed by atoms with Crippen LogP contribution in [0.25, 0.3) is 0 Å². The van der Waals surface area contributed by atoms with E-state index >= 15 is 0 Å². The van der Waals surface area contributed by atoms with Gasteiger partial charge in [0, 0.05) is 9.99 Å². The van der Waals surface area contributed by atoms with E-state index in [1.165, 1.54) is 0 Å². The number of esters is 2. The minimum atomic E-state index is -0.306. The van der Waals surface area contributed by atoms with Crippen LogP contribution in [-0.4, -0.2) is 31.4 Å². The second-order valence-electron chi connectivity index (χ2n) is 5.35. The van der Waals surface area contributed by atoms with Crippen molar-refractivity contribution < 1.29 is 23.9 Å². The number of halogens is 1. The standard InChI is InChI=1S/C12H14O3.C9H9IO2/c1-2-15-12(14)11-7-5-10(6-8-11)4-3-9-13;1-2-12-9(11)7-3-5-8(10)6-4-7/h5-9H,2-4H2,1H3;3-6H,2H2,1H3. The summed E-state index contributed by atoms with van der Waals surface area (Å²) < 4.78 is 10.8. The van der Waals surface area contributed by atoms with Crippen LogP contribution >= 0.6 is 22.6 Å². The molecule has 0 N–H and O–H groups in total. The topological polar surface area (TPSA) is 69.7 Å². The first-order chi connectivity index (χ1) is 13.0. The van der Waals surface area contributed by atoms with E-state index in [1.54, 1.807) is 38.1 Å². The monoisotopic (exact) mass is 482 g/mol. The van der Waals surface area contributed by atoms with Gasteiger partial charge in [-0.25, -0.2) is 9.59 Å². The lowest BCUT2D eigenvalue weighted by atomic mass is 10.1. The van der Waals surface area contributed by atoms with Crippen LogP contribution in [0.1, 0.15) is 46.5 Å². The maximum absolute atomic E-state index is 11.3. The summed E-state index contributed by atoms with van der Waals surface area (Å²) in [6.07, 6.45) is 2.12. The Kier molecular flexibility index (Phi) is 11.0. The van der Waals surface area contributed by atoms with Crippen molar-refractivity contribution in [2.45, 2.75) is 26.7 Å². The highest BCUT2D eigenvalue weighted by atomic mass is 127. The molecule has 2 rings (SSSR count). The summed E-state index contributed by atoms with van der Waals surface area (Å²) in [5.41, 5.74) is 2.21. The molecule has 0 atom stereocenters. The summed E-state index contributed by atoms with van der Waals surface area (Å²) in [7, 11) is 0. The number of ether oxygens (including phenoxy) is 2. The summed E-state index contributed by atoms with van der Waals surface area (Å²) in [4.78, 5) is 32.6. The van der Waals surface area contributed by atoms with Crippen molar-refractivity contribution in [3.63, 3.8) is 0 Å². The lowest BCUT2D eigenvalue weighted by Crippen LogP contribution is -2.04. The summed E-state index contributed by atoms with van der Waals surface area (Å²) >= 11 is 2.19. The Bertz CT molecular complexity index is 723. The van der Waals surface area contributed by atoms with Gasteiger partial charge in [0.15, 0.2) is 0 Å². The van der Waals surface area contributed by atoms with Gasteiger partial charge in [0.1, 0.15) is 6.29 Å². The smallest absolute Gasteiger partial charge is 0.338 e. The molecular formula is C21H23IO5. The summed E-state index contributed by atoms with van der Waals surface area (Å²) in [6, 6.07) is 14.4. The fourth-order valence-corrected chi connectivity index (χ4v) is 2.41. The summed E-state index contributed by atoms with van der Waals surface area (Å²) in [5, 5.41) is 0. The van der Waals surface area contributed by atoms with E-state index in [0.717, 1.165) is 15.4 Å². The second-order valence-corrected chi connectivity index (χ2v) is 6.60. The molecule has 0 aromatic heterocycles. The molecule has 0 aliphatic carbocycles. The molecule has 0 amide bonds. The Hall–Kier alpha value is -2.22. The maximum atomic E-state index is 11.3. The highest BCUT2D eigenvalue weighted by molar-refractivity contribution is 14.1. The van der Waals surface area contributed by atoms with Gasteiger partial charge in [0.05, 0.1) is 24.3 Å². The molecule has 0 unspecified atom stereocenters. The first-order valence-electron chi connectivity index (χ1n) is 8.64. The SMILES string of the molecule is CCOC(=O)c1ccc(CCC=O)cc1.CCOC(=O)c1ccc(I)cc1. The molecule has 0 heterocycles. The molecule has 0 fully saturated rings. The molecule has 27 heavy (non-hydrogen) atoms. The van der Waals surface area contributed by atoms with E-state index in [2.05, 4.69) is 22.6 Å². The van der Waals surface area contributed by atoms with Gasteiger partial charge in [-0.3, -0.25) is 0 Å². The molecule has 2 aromatic carbocycles. The fourth-order valence-electron chi connectivity index (χ4n) is 2.05. The van der Waals surface area contributed by atoms with Crippen molar-refractivity contribution in [1.29, 1.82) is 0 Å². The third-order valence-electron chi connectivity index (χ3n) is 3.37. The van der Waals surface area contributed by atoms with Gasteiger partial charge in [0.25, 0.3) is 0 Å². The van der Waals surface area contributed by atoms with E-state index in [9.17, 15) is 14.4 Å². The number of carbonyl (C=O) groups is 3. The molecule has 0 spiro atoms. The molecular weight excluding hydrogens is 459 g/mol. The van der Waals surface area contributed by atoms with Gasteiger partial charge in [-0.05, 0) is 84.8 Å². The maximum Gasteiger partial charge on any atom is 0.338 e. The average molecular weight is 482 g/mol. The van der Waals surface area contributed by atoms with Crippen molar-refractivity contribution in [2.24, 2.45) is 0 Å². The van der Waals surface area contributed by atoms with Crippen molar-refractivity contribution in [3.8, 4) is 0 Å². The first-order valence-corrected chi connectivity index (χ1v) is 9.72. The lowest BCUT2D eigenvalue weighted by molar-refractivity contribution is -0.107. The van der Waals surface area contributed by atoms with Crippen LogP contribution in [0, 0.1) is 3.57 Å². The molecule has 2 aromatic rings. The molecule has 0 saturated heterocycles. The zero-order chi connectivity index (χ0) is 20.1. The van der Waals surface area contributed by atoms with Crippen LogP contribution in [0.5, 0.6) is 0 Å². The van der Waals surface area contributed by atoms with Crippen molar-refractivity contribution >= 4 is 40.8 Å². The number of carbonyl (C=O) groups excluding carboxylic acids is 3. The third-order valence-corrected chi connectivity index (χ3v) is 4.09. The molecule has 0 bridgehead atoms. The molecule has 0 saturated carbocycles. The quantitative estimate of drug-likeness (QED) is 0.331. The summed E-state index contributed by atoms with van der Waals surface area (Å²) in [6.45, 7) is 4.37. The van der Waals surface area contributed by atoms with Crippen LogP contribution in [0.3, 0.4) is 0 Å². The zero-order valence-corrected chi connectivity index (χ0v) is 17.6. The minimum Gasteiger partial charge on any atom is -0.462 e. The van der Waals surface area contributed by atoms with Gasteiger partial charge in [-0.2, -0.15) is 0 Å². The highest BCUT2D eigenvalue weighted by Crippen LogP contribution is 2.08. The number of aryl methyl sites for hydroxylation is 1. The molecule has 0 aliphatic rings. The average Bonchev–Trinajstić information content (AvgIpc) is 2.68. The summed E-state index contributed by atoms with van der Waals surface area (Å²) in [5.74, 6) is -0.562. The minimum absolute atomic E-state index is 0.256. The highest BCUT2D eigenvalue weighted by Gasteiger charge is 2.05. The Labute approximate surface area is 173 Å². The zero-order valence-electron chi connectivity index (χ0n) is 15.4. The van der Waals surface area contributed by atoms with Crippen molar-refractivity contribution in [2.75, 3.05) is 13.2 Å². The van der Waals surface area contributed by atoms with Crippen LogP contribution in [0.15, 0.2) is 48.5 Å². The number of hydrogen-bond donors (Lipinski definition) is 0. The van der Waals surface area contributed by atoms with Crippen molar-refractivity contribution in [3.05, 3.63) is 68.8 Å². The van der Waals surface area contributed by atoms with Gasteiger partial charge >= 0.3 is 11.9 Å². The molecule has 144 valence electrons. The first kappa shape index (κ1) is 22.8. The number of benzene rings is 2. The van der Waals surface area contributed by atoms with E-state index < -0.39 is 0 Å². The molecule has 0 aliphatic heterocycles. The van der Waals surface area contributed by atoms with Crippen LogP contribution in [-0.2, 0) is 20.7 Å². The Morgan fingerprint density at radius 1 is 0.852 bits per heavy atom. The number of rotatable bonds is 7. The number of hydrogen-bond acceptors (Lipinski definition) is 5. The van der Waals surface area contributed by atoms with Gasteiger partial charge in [0.2, 0.25) is 0 Å². The van der Waals surface area contributed by atoms with Gasteiger partial charge in [-0.1, -0.05) is 12.1 Å². The van der Waals surface area contributed by atoms with Crippen LogP contribution < -0.4 is 0 Å². The number of aldehydes is 1. The molecule has 6 heteroatoms. The normalized spacial score (nSPS) is 9.59. The Morgan fingerprint density at radius 3 is 1.70 bits per heavy atom. The largest absolute Gasteiger partial charge is 0.462 e. The molecule has 5 nitrogen and oxygen atoms in total. The second kappa shape index (κ2) is 13.0. The van der Waals surface area contributed by atoms with E-state index in [4.69, 9.17) is 9.47 Å². The Morgan fingerprint density at radius 2 is 1.30 bits per heavy atom. The molecule has 0 radical (unpaired) electrons. The van der Waals surface area contributed by atoms with E-state index in [1.807, 2.05) is 24.3 Å². The lowest BCUT2D eigenvalue weighted by Gasteiger charge is -2.02. The van der Waals surface area contributed by atoms with Crippen LogP contribution in [0.4, 0.5) is 0 Å². The fraction of sp³-hybridized carbons (Fsp3) is 0.286. The Balaban J connectivity index is 0.000000277. The predicted molar refractivity (Wildman–Crippen MR) is 112 cm³/mol.